The highest BCUT2D eigenvalue weighted by molar-refractivity contribution is 5.91. The summed E-state index contributed by atoms with van der Waals surface area (Å²) in [6.45, 7) is 8.25. The molecule has 4 aliphatic rings. The molecule has 0 aromatic heterocycles. The van der Waals surface area contributed by atoms with Crippen molar-refractivity contribution in [2.45, 2.75) is 70.5 Å². The Kier molecular flexibility index (Phi) is 9.42. The molecule has 2 atom stereocenters. The van der Waals surface area contributed by atoms with Gasteiger partial charge in [-0.3, -0.25) is 9.69 Å². The molecule has 0 bridgehead atoms. The summed E-state index contributed by atoms with van der Waals surface area (Å²) in [5, 5.41) is 23.7. The minimum absolute atomic E-state index is 0.0372. The maximum absolute atomic E-state index is 14.6. The molecule has 0 saturated carbocycles. The highest BCUT2D eigenvalue weighted by atomic mass is 16.5. The maximum Gasteiger partial charge on any atom is 0.407 e. The molecule has 0 aliphatic carbocycles. The van der Waals surface area contributed by atoms with Gasteiger partial charge in [-0.2, -0.15) is 0 Å². The molecule has 3 N–H and O–H groups in total. The first-order chi connectivity index (χ1) is 22.2. The summed E-state index contributed by atoms with van der Waals surface area (Å²) >= 11 is 0. The Morgan fingerprint density at radius 1 is 1.00 bits per heavy atom. The molecular weight excluding hydrogens is 586 g/mol. The number of aromatic hydroxyl groups is 1. The fraction of sp³-hybridized carbons (Fsp3) is 0.571. The van der Waals surface area contributed by atoms with Gasteiger partial charge in [0.2, 0.25) is 5.91 Å². The van der Waals surface area contributed by atoms with Gasteiger partial charge in [0, 0.05) is 63.8 Å². The third-order valence-corrected chi connectivity index (χ3v) is 10.7. The molecule has 0 unspecified atom stereocenters. The van der Waals surface area contributed by atoms with Gasteiger partial charge < -0.3 is 35.0 Å². The summed E-state index contributed by atoms with van der Waals surface area (Å²) in [7, 11) is 0. The lowest BCUT2D eigenvalue weighted by Gasteiger charge is -2.55. The van der Waals surface area contributed by atoms with E-state index in [-0.39, 0.29) is 17.7 Å². The molecule has 0 radical (unpaired) electrons. The molecular formula is C35H47N5O6. The zero-order valence-electron chi connectivity index (χ0n) is 27.0. The molecule has 248 valence electrons. The Labute approximate surface area is 271 Å². The number of likely N-dealkylation sites (tertiary alicyclic amines) is 2. The summed E-state index contributed by atoms with van der Waals surface area (Å²) in [6, 6.07) is 11.2. The van der Waals surface area contributed by atoms with Gasteiger partial charge in [-0.25, -0.2) is 9.59 Å². The monoisotopic (exact) mass is 633 g/mol. The van der Waals surface area contributed by atoms with Crippen molar-refractivity contribution in [3.05, 3.63) is 58.7 Å². The SMILES string of the molecule is Cc1cc(C[C@@H](C(=O)N2CCC(N3CCOCC3)(N3CCc4ccccc4NC3=O)CC2)[C@@H]2CCCCN2C(=O)O)cc(C)c1O. The minimum atomic E-state index is -0.987. The van der Waals surface area contributed by atoms with Crippen molar-refractivity contribution in [3.63, 3.8) is 0 Å². The number of aryl methyl sites for hydroxylation is 2. The number of piperidine rings is 2. The number of nitrogens with one attached hydrogen (secondary N) is 1. The van der Waals surface area contributed by atoms with Gasteiger partial charge in [0.25, 0.3) is 0 Å². The number of phenolic OH excluding ortho intramolecular Hbond substituents is 1. The second kappa shape index (κ2) is 13.5. The number of morpholine rings is 1. The zero-order chi connectivity index (χ0) is 32.4. The highest BCUT2D eigenvalue weighted by Gasteiger charge is 2.49. The summed E-state index contributed by atoms with van der Waals surface area (Å²) in [5.41, 5.74) is 3.80. The normalized spacial score (nSPS) is 22.9. The average molecular weight is 634 g/mol. The lowest BCUT2D eigenvalue weighted by molar-refractivity contribution is -0.147. The topological polar surface area (TPSA) is 126 Å². The quantitative estimate of drug-likeness (QED) is 0.430. The average Bonchev–Trinajstić information content (AvgIpc) is 3.24. The summed E-state index contributed by atoms with van der Waals surface area (Å²) in [6.07, 6.45) is 3.64. The van der Waals surface area contributed by atoms with Gasteiger partial charge in [-0.15, -0.1) is 0 Å². The van der Waals surface area contributed by atoms with Crippen LogP contribution >= 0.6 is 0 Å². The van der Waals surface area contributed by atoms with E-state index >= 15 is 0 Å². The van der Waals surface area contributed by atoms with E-state index in [1.807, 2.05) is 54.0 Å². The number of anilines is 1. The predicted molar refractivity (Wildman–Crippen MR) is 174 cm³/mol. The summed E-state index contributed by atoms with van der Waals surface area (Å²) in [4.78, 5) is 48.5. The highest BCUT2D eigenvalue weighted by Crippen LogP contribution is 2.38. The van der Waals surface area contributed by atoms with E-state index in [0.717, 1.165) is 47.2 Å². The van der Waals surface area contributed by atoms with Crippen molar-refractivity contribution in [1.29, 1.82) is 0 Å². The Balaban J connectivity index is 1.27. The smallest absolute Gasteiger partial charge is 0.407 e. The molecule has 46 heavy (non-hydrogen) atoms. The van der Waals surface area contributed by atoms with E-state index in [4.69, 9.17) is 4.74 Å². The largest absolute Gasteiger partial charge is 0.507 e. The van der Waals surface area contributed by atoms with E-state index in [1.54, 1.807) is 0 Å². The van der Waals surface area contributed by atoms with Crippen LogP contribution in [0.5, 0.6) is 5.75 Å². The molecule has 11 heteroatoms. The summed E-state index contributed by atoms with van der Waals surface area (Å²) < 4.78 is 5.70. The van der Waals surface area contributed by atoms with Gasteiger partial charge in [-0.1, -0.05) is 30.3 Å². The Morgan fingerprint density at radius 3 is 2.39 bits per heavy atom. The molecule has 3 fully saturated rings. The van der Waals surface area contributed by atoms with Gasteiger partial charge in [0.1, 0.15) is 11.4 Å². The van der Waals surface area contributed by atoms with Crippen LogP contribution in [0.3, 0.4) is 0 Å². The maximum atomic E-state index is 14.6. The van der Waals surface area contributed by atoms with E-state index in [0.29, 0.717) is 78.2 Å². The molecule has 6 rings (SSSR count). The van der Waals surface area contributed by atoms with Gasteiger partial charge in [0.05, 0.1) is 19.1 Å². The molecule has 11 nitrogen and oxygen atoms in total. The number of carboxylic acid groups (broad SMARTS) is 1. The number of hydrogen-bond acceptors (Lipinski definition) is 6. The lowest BCUT2D eigenvalue weighted by Crippen LogP contribution is -2.69. The number of carbonyl (C=O) groups is 3. The number of phenols is 1. The first-order valence-electron chi connectivity index (χ1n) is 16.7. The van der Waals surface area contributed by atoms with Gasteiger partial charge >= 0.3 is 12.1 Å². The second-order valence-electron chi connectivity index (χ2n) is 13.3. The van der Waals surface area contributed by atoms with E-state index in [2.05, 4.69) is 16.3 Å². The van der Waals surface area contributed by atoms with Gasteiger partial charge in [-0.05, 0) is 74.3 Å². The van der Waals surface area contributed by atoms with E-state index < -0.39 is 23.7 Å². The Morgan fingerprint density at radius 2 is 1.70 bits per heavy atom. The third kappa shape index (κ3) is 6.27. The second-order valence-corrected chi connectivity index (χ2v) is 13.3. The number of amides is 4. The van der Waals surface area contributed by atoms with Crippen LogP contribution in [-0.4, -0.2) is 112 Å². The molecule has 4 heterocycles. The van der Waals surface area contributed by atoms with E-state index in [9.17, 15) is 24.6 Å². The van der Waals surface area contributed by atoms with Crippen LogP contribution < -0.4 is 5.32 Å². The van der Waals surface area contributed by atoms with Crippen molar-refractivity contribution in [2.75, 3.05) is 57.8 Å². The molecule has 2 aromatic rings. The molecule has 3 saturated heterocycles. The van der Waals surface area contributed by atoms with Gasteiger partial charge in [0.15, 0.2) is 0 Å². The fourth-order valence-electron chi connectivity index (χ4n) is 8.25. The standard InChI is InChI=1S/C35H47N5O6/c1-24-21-26(22-25(2)31(24)41)23-28(30-9-5-6-13-39(30)34(44)45)32(42)37-15-11-35(12-16-37,38-17-19-46-20-18-38)40-14-10-27-7-3-4-8-29(27)36-33(40)43/h3-4,7-8,21-22,28,30,41H,5-6,9-20,23H2,1-2H3,(H,36,43)(H,44,45)/t28-,30+/m1/s1. The molecule has 4 aliphatic heterocycles. The Hall–Kier alpha value is -3.83. The first kappa shape index (κ1) is 32.1. The minimum Gasteiger partial charge on any atom is -0.507 e. The van der Waals surface area contributed by atoms with Crippen LogP contribution in [0, 0.1) is 19.8 Å². The van der Waals surface area contributed by atoms with Crippen molar-refractivity contribution in [1.82, 2.24) is 19.6 Å². The van der Waals surface area contributed by atoms with Crippen molar-refractivity contribution < 1.29 is 29.3 Å². The van der Waals surface area contributed by atoms with E-state index in [1.165, 1.54) is 4.90 Å². The first-order valence-corrected chi connectivity index (χ1v) is 16.7. The van der Waals surface area contributed by atoms with Crippen molar-refractivity contribution in [2.24, 2.45) is 5.92 Å². The van der Waals surface area contributed by atoms with Crippen LogP contribution in [0.15, 0.2) is 36.4 Å². The number of urea groups is 1. The van der Waals surface area contributed by atoms with Crippen LogP contribution in [0.2, 0.25) is 0 Å². The predicted octanol–water partition coefficient (Wildman–Crippen LogP) is 4.44. The number of carbonyl (C=O) groups excluding carboxylic acids is 2. The van der Waals surface area contributed by atoms with Crippen molar-refractivity contribution >= 4 is 23.7 Å². The number of para-hydroxylation sites is 1. The summed E-state index contributed by atoms with van der Waals surface area (Å²) in [5.74, 6) is -0.343. The molecule has 2 aromatic carbocycles. The number of hydrogen-bond donors (Lipinski definition) is 3. The van der Waals surface area contributed by atoms with Crippen LogP contribution in [0.1, 0.15) is 54.4 Å². The molecule has 4 amide bonds. The van der Waals surface area contributed by atoms with Crippen LogP contribution in [-0.2, 0) is 22.4 Å². The van der Waals surface area contributed by atoms with Crippen LogP contribution in [0.25, 0.3) is 0 Å². The number of fused-ring (bicyclic) bond motifs is 1. The number of benzene rings is 2. The lowest BCUT2D eigenvalue weighted by atomic mass is 9.83. The number of ether oxygens (including phenoxy) is 1. The Bertz CT molecular complexity index is 1430. The number of nitrogens with zero attached hydrogens (tertiary/aromatic N) is 4. The van der Waals surface area contributed by atoms with Crippen molar-refractivity contribution in [3.8, 4) is 5.75 Å². The molecule has 0 spiro atoms. The number of rotatable bonds is 6. The third-order valence-electron chi connectivity index (χ3n) is 10.7. The zero-order valence-corrected chi connectivity index (χ0v) is 27.0. The van der Waals surface area contributed by atoms with Crippen LogP contribution in [0.4, 0.5) is 15.3 Å². The fourth-order valence-corrected chi connectivity index (χ4v) is 8.25.